The van der Waals surface area contributed by atoms with Gasteiger partial charge in [0.2, 0.25) is 5.91 Å². The molecule has 1 atom stereocenters. The topological polar surface area (TPSA) is 69.4 Å². The standard InChI is InChI=1S/C26H22Cl2N4O3/c1-2-24(33)30-14-4-5-18(16-30)32-21-12-13-29-15-22(21)31(26(32)34)17-8-10-19(11-9-17)35-23-7-3-6-20(27)25(23)28/h2-3,6-13,15,18H,1,4-5,14,16H2. The average molecular weight is 509 g/mol. The summed E-state index contributed by atoms with van der Waals surface area (Å²) in [6, 6.07) is 14.0. The number of nitrogens with zero attached hydrogens (tertiary/aromatic N) is 4. The summed E-state index contributed by atoms with van der Waals surface area (Å²) >= 11 is 12.3. The van der Waals surface area contributed by atoms with Gasteiger partial charge in [0.05, 0.1) is 34.0 Å². The Morgan fingerprint density at radius 2 is 1.91 bits per heavy atom. The van der Waals surface area contributed by atoms with E-state index >= 15 is 0 Å². The molecule has 35 heavy (non-hydrogen) atoms. The number of hydrogen-bond acceptors (Lipinski definition) is 4. The number of likely N-dealkylation sites (tertiary alicyclic amines) is 1. The van der Waals surface area contributed by atoms with Crippen molar-refractivity contribution in [3.05, 3.63) is 94.1 Å². The van der Waals surface area contributed by atoms with E-state index in [0.29, 0.717) is 45.8 Å². The molecule has 0 bridgehead atoms. The minimum atomic E-state index is -0.183. The van der Waals surface area contributed by atoms with E-state index in [2.05, 4.69) is 11.6 Å². The maximum absolute atomic E-state index is 13.7. The molecule has 1 aliphatic rings. The zero-order valence-corrected chi connectivity index (χ0v) is 20.2. The summed E-state index contributed by atoms with van der Waals surface area (Å²) in [6.07, 6.45) is 6.28. The molecule has 1 amide bonds. The Bertz CT molecular complexity index is 1480. The Kier molecular flexibility index (Phi) is 6.36. The first-order chi connectivity index (χ1) is 17.0. The van der Waals surface area contributed by atoms with Crippen LogP contribution in [0.3, 0.4) is 0 Å². The molecule has 1 unspecified atom stereocenters. The number of ether oxygens (including phenoxy) is 1. The first kappa shape index (κ1) is 23.2. The fourth-order valence-corrected chi connectivity index (χ4v) is 4.85. The van der Waals surface area contributed by atoms with Gasteiger partial charge in [0.15, 0.2) is 0 Å². The second-order valence-electron chi connectivity index (χ2n) is 8.28. The molecule has 0 saturated carbocycles. The summed E-state index contributed by atoms with van der Waals surface area (Å²) < 4.78 is 9.28. The molecule has 0 spiro atoms. The van der Waals surface area contributed by atoms with Crippen molar-refractivity contribution < 1.29 is 9.53 Å². The van der Waals surface area contributed by atoms with E-state index in [9.17, 15) is 9.59 Å². The average Bonchev–Trinajstić information content (AvgIpc) is 3.18. The smallest absolute Gasteiger partial charge is 0.334 e. The van der Waals surface area contributed by atoms with Gasteiger partial charge in [-0.15, -0.1) is 0 Å². The number of carbonyl (C=O) groups is 1. The minimum Gasteiger partial charge on any atom is -0.456 e. The third-order valence-electron chi connectivity index (χ3n) is 6.16. The summed E-state index contributed by atoms with van der Waals surface area (Å²) in [7, 11) is 0. The van der Waals surface area contributed by atoms with Crippen LogP contribution in [0, 0.1) is 0 Å². The number of imidazole rings is 1. The molecular weight excluding hydrogens is 487 g/mol. The summed E-state index contributed by atoms with van der Waals surface area (Å²) in [5.41, 5.74) is 1.95. The lowest BCUT2D eigenvalue weighted by molar-refractivity contribution is -0.127. The van der Waals surface area contributed by atoms with Crippen molar-refractivity contribution in [1.82, 2.24) is 19.0 Å². The zero-order chi connectivity index (χ0) is 24.5. The summed E-state index contributed by atoms with van der Waals surface area (Å²) in [4.78, 5) is 31.9. The number of aromatic nitrogens is 3. The fourth-order valence-electron chi connectivity index (χ4n) is 4.52. The third kappa shape index (κ3) is 4.33. The number of hydrogen-bond donors (Lipinski definition) is 0. The highest BCUT2D eigenvalue weighted by molar-refractivity contribution is 6.42. The van der Waals surface area contributed by atoms with Gasteiger partial charge in [0.1, 0.15) is 16.5 Å². The molecule has 5 rings (SSSR count). The van der Waals surface area contributed by atoms with Gasteiger partial charge in [-0.25, -0.2) is 4.79 Å². The molecule has 178 valence electrons. The minimum absolute atomic E-state index is 0.122. The molecular formula is C26H22Cl2N4O3. The summed E-state index contributed by atoms with van der Waals surface area (Å²) in [5, 5.41) is 0.740. The molecule has 9 heteroatoms. The lowest BCUT2D eigenvalue weighted by Crippen LogP contribution is -2.42. The lowest BCUT2D eigenvalue weighted by Gasteiger charge is -2.32. The number of benzene rings is 2. The number of piperidine rings is 1. The molecule has 0 N–H and O–H groups in total. The maximum Gasteiger partial charge on any atom is 0.334 e. The van der Waals surface area contributed by atoms with Gasteiger partial charge in [-0.1, -0.05) is 35.8 Å². The van der Waals surface area contributed by atoms with Crippen LogP contribution in [0.1, 0.15) is 18.9 Å². The predicted octanol–water partition coefficient (Wildman–Crippen LogP) is 5.64. The van der Waals surface area contributed by atoms with Crippen LogP contribution in [0.2, 0.25) is 10.0 Å². The molecule has 1 saturated heterocycles. The highest BCUT2D eigenvalue weighted by Crippen LogP contribution is 2.35. The Morgan fingerprint density at radius 1 is 1.11 bits per heavy atom. The largest absolute Gasteiger partial charge is 0.456 e. The molecule has 7 nitrogen and oxygen atoms in total. The van der Waals surface area contributed by atoms with Gasteiger partial charge in [0, 0.05) is 19.3 Å². The maximum atomic E-state index is 13.7. The molecule has 3 heterocycles. The van der Waals surface area contributed by atoms with Crippen LogP contribution in [-0.4, -0.2) is 38.0 Å². The Morgan fingerprint density at radius 3 is 2.69 bits per heavy atom. The van der Waals surface area contributed by atoms with Crippen molar-refractivity contribution in [2.24, 2.45) is 0 Å². The SMILES string of the molecule is C=CC(=O)N1CCCC(n2c(=O)n(-c3ccc(Oc4cccc(Cl)c4Cl)cc3)c3cnccc32)C1. The second kappa shape index (κ2) is 9.60. The highest BCUT2D eigenvalue weighted by atomic mass is 35.5. The molecule has 2 aromatic carbocycles. The first-order valence-electron chi connectivity index (χ1n) is 11.2. The second-order valence-corrected chi connectivity index (χ2v) is 9.07. The third-order valence-corrected chi connectivity index (χ3v) is 6.96. The summed E-state index contributed by atoms with van der Waals surface area (Å²) in [5.74, 6) is 0.878. The molecule has 2 aromatic heterocycles. The Hall–Kier alpha value is -3.55. The molecule has 4 aromatic rings. The van der Waals surface area contributed by atoms with Gasteiger partial charge in [-0.3, -0.25) is 18.9 Å². The first-order valence-corrected chi connectivity index (χ1v) is 11.9. The van der Waals surface area contributed by atoms with Crippen LogP contribution in [-0.2, 0) is 4.79 Å². The number of fused-ring (bicyclic) bond motifs is 1. The van der Waals surface area contributed by atoms with Gasteiger partial charge in [-0.2, -0.15) is 0 Å². The van der Waals surface area contributed by atoms with E-state index in [1.807, 2.05) is 6.07 Å². The van der Waals surface area contributed by atoms with Crippen molar-refractivity contribution in [1.29, 1.82) is 0 Å². The lowest BCUT2D eigenvalue weighted by atomic mass is 10.1. The summed E-state index contributed by atoms with van der Waals surface area (Å²) in [6.45, 7) is 4.71. The Labute approximate surface area is 211 Å². The van der Waals surface area contributed by atoms with Crippen molar-refractivity contribution >= 4 is 40.1 Å². The highest BCUT2D eigenvalue weighted by Gasteiger charge is 2.27. The van der Waals surface area contributed by atoms with E-state index in [1.165, 1.54) is 6.08 Å². The fraction of sp³-hybridized carbons (Fsp3) is 0.192. The molecule has 1 aliphatic heterocycles. The van der Waals surface area contributed by atoms with Gasteiger partial charge < -0.3 is 9.64 Å². The van der Waals surface area contributed by atoms with Crippen LogP contribution in [0.4, 0.5) is 0 Å². The van der Waals surface area contributed by atoms with Crippen LogP contribution in [0.5, 0.6) is 11.5 Å². The van der Waals surface area contributed by atoms with Gasteiger partial charge in [-0.05, 0) is 61.4 Å². The van der Waals surface area contributed by atoms with Crippen molar-refractivity contribution in [2.75, 3.05) is 13.1 Å². The number of amides is 1. The van der Waals surface area contributed by atoms with Crippen molar-refractivity contribution in [3.63, 3.8) is 0 Å². The van der Waals surface area contributed by atoms with Gasteiger partial charge >= 0.3 is 5.69 Å². The molecule has 0 radical (unpaired) electrons. The monoisotopic (exact) mass is 508 g/mol. The van der Waals surface area contributed by atoms with Crippen LogP contribution in [0.15, 0.2) is 78.4 Å². The normalized spacial score (nSPS) is 15.8. The number of halogens is 2. The number of carbonyl (C=O) groups excluding carboxylic acids is 1. The zero-order valence-electron chi connectivity index (χ0n) is 18.7. The van der Waals surface area contributed by atoms with Crippen LogP contribution in [0.25, 0.3) is 16.7 Å². The number of pyridine rings is 1. The molecule has 0 aliphatic carbocycles. The Balaban J connectivity index is 1.51. The predicted molar refractivity (Wildman–Crippen MR) is 137 cm³/mol. The van der Waals surface area contributed by atoms with Crippen LogP contribution >= 0.6 is 23.2 Å². The number of rotatable bonds is 5. The van der Waals surface area contributed by atoms with E-state index in [4.69, 9.17) is 27.9 Å². The van der Waals surface area contributed by atoms with E-state index in [-0.39, 0.29) is 17.6 Å². The van der Waals surface area contributed by atoms with E-state index < -0.39 is 0 Å². The van der Waals surface area contributed by atoms with Crippen molar-refractivity contribution in [2.45, 2.75) is 18.9 Å². The van der Waals surface area contributed by atoms with Crippen molar-refractivity contribution in [3.8, 4) is 17.2 Å². The van der Waals surface area contributed by atoms with E-state index in [0.717, 1.165) is 18.4 Å². The molecule has 1 fully saturated rings. The quantitative estimate of drug-likeness (QED) is 0.327. The van der Waals surface area contributed by atoms with Crippen LogP contribution < -0.4 is 10.4 Å². The van der Waals surface area contributed by atoms with E-state index in [1.54, 1.807) is 68.9 Å². The van der Waals surface area contributed by atoms with Gasteiger partial charge in [0.25, 0.3) is 0 Å².